The number of aryl methyl sites for hydroxylation is 2. The van der Waals surface area contributed by atoms with E-state index in [-0.39, 0.29) is 0 Å². The minimum Gasteiger partial charge on any atom is -0.444 e. The number of oxazole rings is 1. The van der Waals surface area contributed by atoms with Gasteiger partial charge < -0.3 is 9.73 Å². The topological polar surface area (TPSA) is 38.1 Å². The van der Waals surface area contributed by atoms with Crippen LogP contribution in [-0.4, -0.2) is 4.98 Å². The Kier molecular flexibility index (Phi) is 4.55. The third kappa shape index (κ3) is 3.21. The molecule has 3 nitrogen and oxygen atoms in total. The van der Waals surface area contributed by atoms with Crippen molar-refractivity contribution < 1.29 is 4.42 Å². The van der Waals surface area contributed by atoms with Crippen molar-refractivity contribution in [2.45, 2.75) is 46.2 Å². The molecule has 0 saturated carbocycles. The smallest absolute Gasteiger partial charge is 0.208 e. The van der Waals surface area contributed by atoms with E-state index in [0.29, 0.717) is 12.6 Å². The van der Waals surface area contributed by atoms with Crippen LogP contribution in [0.2, 0.25) is 0 Å². The Hall–Kier alpha value is -1.13. The summed E-state index contributed by atoms with van der Waals surface area (Å²) >= 11 is 1.80. The molecule has 0 fully saturated rings. The van der Waals surface area contributed by atoms with Gasteiger partial charge in [-0.25, -0.2) is 4.98 Å². The van der Waals surface area contributed by atoms with Crippen molar-refractivity contribution in [3.05, 3.63) is 39.7 Å². The minimum atomic E-state index is 0.405. The maximum absolute atomic E-state index is 5.59. The molecule has 0 aromatic carbocycles. The van der Waals surface area contributed by atoms with E-state index in [1.165, 1.54) is 11.3 Å². The van der Waals surface area contributed by atoms with Gasteiger partial charge in [-0.05, 0) is 31.7 Å². The highest BCUT2D eigenvalue weighted by Gasteiger charge is 2.13. The predicted octanol–water partition coefficient (Wildman–Crippen LogP) is 3.98. The van der Waals surface area contributed by atoms with Crippen LogP contribution in [0.1, 0.15) is 48.0 Å². The molecule has 2 aromatic heterocycles. The van der Waals surface area contributed by atoms with Crippen molar-refractivity contribution in [1.82, 2.24) is 10.3 Å². The first-order valence-electron chi connectivity index (χ1n) is 6.40. The van der Waals surface area contributed by atoms with Crippen molar-refractivity contribution in [3.63, 3.8) is 0 Å². The number of thiophene rings is 1. The highest BCUT2D eigenvalue weighted by molar-refractivity contribution is 7.10. The Labute approximate surface area is 112 Å². The minimum absolute atomic E-state index is 0.405. The maximum atomic E-state index is 5.59. The standard InChI is InChI=1S/C14H20N2OS/c1-4-6-12(13-7-5-8-18-13)15-9-14-16-10(2)11(3)17-14/h5,7-8,12,15H,4,6,9H2,1-3H3. The Morgan fingerprint density at radius 1 is 1.44 bits per heavy atom. The molecule has 18 heavy (non-hydrogen) atoms. The van der Waals surface area contributed by atoms with Crippen molar-refractivity contribution >= 4 is 11.3 Å². The lowest BCUT2D eigenvalue weighted by molar-refractivity contribution is 0.415. The molecule has 0 radical (unpaired) electrons. The van der Waals surface area contributed by atoms with Crippen LogP contribution in [-0.2, 0) is 6.54 Å². The third-order valence-electron chi connectivity index (χ3n) is 3.04. The second-order valence-electron chi connectivity index (χ2n) is 4.49. The Morgan fingerprint density at radius 3 is 2.83 bits per heavy atom. The summed E-state index contributed by atoms with van der Waals surface area (Å²) in [6.07, 6.45) is 2.30. The number of nitrogens with one attached hydrogen (secondary N) is 1. The third-order valence-corrected chi connectivity index (χ3v) is 4.02. The second kappa shape index (κ2) is 6.16. The van der Waals surface area contributed by atoms with Gasteiger partial charge in [-0.2, -0.15) is 0 Å². The van der Waals surface area contributed by atoms with Gasteiger partial charge in [0.05, 0.1) is 12.2 Å². The van der Waals surface area contributed by atoms with E-state index in [4.69, 9.17) is 4.42 Å². The number of nitrogens with zero attached hydrogens (tertiary/aromatic N) is 1. The zero-order chi connectivity index (χ0) is 13.0. The van der Waals surface area contributed by atoms with E-state index < -0.39 is 0 Å². The number of aromatic nitrogens is 1. The zero-order valence-electron chi connectivity index (χ0n) is 11.2. The molecule has 1 unspecified atom stereocenters. The molecular weight excluding hydrogens is 244 g/mol. The second-order valence-corrected chi connectivity index (χ2v) is 5.47. The largest absolute Gasteiger partial charge is 0.444 e. The summed E-state index contributed by atoms with van der Waals surface area (Å²) in [6.45, 7) is 6.83. The van der Waals surface area contributed by atoms with Crippen LogP contribution in [0.3, 0.4) is 0 Å². The van der Waals surface area contributed by atoms with Crippen LogP contribution >= 0.6 is 11.3 Å². The fourth-order valence-electron chi connectivity index (χ4n) is 1.95. The lowest BCUT2D eigenvalue weighted by Crippen LogP contribution is -2.20. The summed E-state index contributed by atoms with van der Waals surface area (Å²) < 4.78 is 5.59. The molecule has 0 aliphatic heterocycles. The normalized spacial score (nSPS) is 12.8. The first kappa shape index (κ1) is 13.3. The molecule has 1 N–H and O–H groups in total. The van der Waals surface area contributed by atoms with E-state index >= 15 is 0 Å². The summed E-state index contributed by atoms with van der Waals surface area (Å²) in [5, 5.41) is 5.66. The Balaban J connectivity index is 1.97. The van der Waals surface area contributed by atoms with Gasteiger partial charge in [0.15, 0.2) is 0 Å². The molecule has 2 heterocycles. The van der Waals surface area contributed by atoms with Gasteiger partial charge in [0.2, 0.25) is 5.89 Å². The molecule has 98 valence electrons. The van der Waals surface area contributed by atoms with Crippen molar-refractivity contribution in [3.8, 4) is 0 Å². The van der Waals surface area contributed by atoms with E-state index in [0.717, 1.165) is 23.8 Å². The highest BCUT2D eigenvalue weighted by Crippen LogP contribution is 2.23. The molecule has 0 spiro atoms. The van der Waals surface area contributed by atoms with Crippen LogP contribution in [0, 0.1) is 13.8 Å². The van der Waals surface area contributed by atoms with Crippen LogP contribution in [0.4, 0.5) is 0 Å². The SMILES string of the molecule is CCCC(NCc1nc(C)c(C)o1)c1cccs1. The molecule has 2 aromatic rings. The first-order valence-corrected chi connectivity index (χ1v) is 7.28. The van der Waals surface area contributed by atoms with E-state index in [2.05, 4.69) is 34.7 Å². The van der Waals surface area contributed by atoms with Crippen molar-refractivity contribution in [2.75, 3.05) is 0 Å². The quantitative estimate of drug-likeness (QED) is 0.857. The van der Waals surface area contributed by atoms with Gasteiger partial charge in [0.1, 0.15) is 5.76 Å². The maximum Gasteiger partial charge on any atom is 0.208 e. The van der Waals surface area contributed by atoms with Crippen molar-refractivity contribution in [1.29, 1.82) is 0 Å². The molecule has 0 saturated heterocycles. The van der Waals surface area contributed by atoms with Crippen LogP contribution in [0.15, 0.2) is 21.9 Å². The molecule has 2 rings (SSSR count). The van der Waals surface area contributed by atoms with Gasteiger partial charge in [-0.15, -0.1) is 11.3 Å². The van der Waals surface area contributed by atoms with E-state index in [1.807, 2.05) is 13.8 Å². The molecule has 4 heteroatoms. The summed E-state index contributed by atoms with van der Waals surface area (Å²) in [7, 11) is 0. The van der Waals surface area contributed by atoms with E-state index in [9.17, 15) is 0 Å². The van der Waals surface area contributed by atoms with Gasteiger partial charge in [0, 0.05) is 10.9 Å². The lowest BCUT2D eigenvalue weighted by Gasteiger charge is -2.15. The average Bonchev–Trinajstić information content (AvgIpc) is 2.96. The average molecular weight is 264 g/mol. The summed E-state index contributed by atoms with van der Waals surface area (Å²) in [6, 6.07) is 4.69. The van der Waals surface area contributed by atoms with Gasteiger partial charge >= 0.3 is 0 Å². The zero-order valence-corrected chi connectivity index (χ0v) is 12.0. The molecule has 1 atom stereocenters. The molecule has 0 bridgehead atoms. The summed E-state index contributed by atoms with van der Waals surface area (Å²) in [5.74, 6) is 1.69. The molecule has 0 amide bonds. The number of rotatable bonds is 6. The van der Waals surface area contributed by atoms with Gasteiger partial charge in [0.25, 0.3) is 0 Å². The van der Waals surface area contributed by atoms with Crippen molar-refractivity contribution in [2.24, 2.45) is 0 Å². The first-order chi connectivity index (χ1) is 8.70. The predicted molar refractivity (Wildman–Crippen MR) is 74.8 cm³/mol. The monoisotopic (exact) mass is 264 g/mol. The summed E-state index contributed by atoms with van der Waals surface area (Å²) in [5.41, 5.74) is 0.981. The Morgan fingerprint density at radius 2 is 2.28 bits per heavy atom. The number of hydrogen-bond donors (Lipinski definition) is 1. The lowest BCUT2D eigenvalue weighted by atomic mass is 10.1. The fraction of sp³-hybridized carbons (Fsp3) is 0.500. The molecular formula is C14H20N2OS. The Bertz CT molecular complexity index is 456. The van der Waals surface area contributed by atoms with E-state index in [1.54, 1.807) is 11.3 Å². The van der Waals surface area contributed by atoms with Crippen LogP contribution < -0.4 is 5.32 Å². The van der Waals surface area contributed by atoms with Gasteiger partial charge in [-0.1, -0.05) is 19.4 Å². The molecule has 0 aliphatic carbocycles. The van der Waals surface area contributed by atoms with Gasteiger partial charge in [-0.3, -0.25) is 0 Å². The van der Waals surface area contributed by atoms with Crippen LogP contribution in [0.25, 0.3) is 0 Å². The highest BCUT2D eigenvalue weighted by atomic mass is 32.1. The number of hydrogen-bond acceptors (Lipinski definition) is 4. The fourth-order valence-corrected chi connectivity index (χ4v) is 2.79. The molecule has 0 aliphatic rings. The van der Waals surface area contributed by atoms with Crippen LogP contribution in [0.5, 0.6) is 0 Å². The summed E-state index contributed by atoms with van der Waals surface area (Å²) in [4.78, 5) is 5.78.